The van der Waals surface area contributed by atoms with Crippen LogP contribution in [0.1, 0.15) is 32.3 Å². The van der Waals surface area contributed by atoms with Crippen LogP contribution in [0.2, 0.25) is 0 Å². The summed E-state index contributed by atoms with van der Waals surface area (Å²) in [5, 5.41) is 10.8. The molecule has 2 N–H and O–H groups in total. The van der Waals surface area contributed by atoms with Gasteiger partial charge < -0.3 is 10.4 Å². The molecule has 1 amide bonds. The van der Waals surface area contributed by atoms with Crippen molar-refractivity contribution in [2.24, 2.45) is 0 Å². The summed E-state index contributed by atoms with van der Waals surface area (Å²) in [6.45, 7) is 2.99. The summed E-state index contributed by atoms with van der Waals surface area (Å²) in [6.07, 6.45) is -2.07. The fourth-order valence-corrected chi connectivity index (χ4v) is 2.11. The highest BCUT2D eigenvalue weighted by atomic mass is 79.9. The Labute approximate surface area is 123 Å². The zero-order chi connectivity index (χ0) is 15.6. The minimum Gasteiger partial charge on any atom is -0.465 e. The molecule has 20 heavy (non-hydrogen) atoms. The Morgan fingerprint density at radius 3 is 2.50 bits per heavy atom. The molecule has 0 unspecified atom stereocenters. The van der Waals surface area contributed by atoms with Gasteiger partial charge in [0, 0.05) is 12.0 Å². The van der Waals surface area contributed by atoms with Crippen LogP contribution < -0.4 is 5.32 Å². The van der Waals surface area contributed by atoms with Crippen molar-refractivity contribution in [2.75, 3.05) is 0 Å². The fourth-order valence-electron chi connectivity index (χ4n) is 1.74. The summed E-state index contributed by atoms with van der Waals surface area (Å²) < 4.78 is 41.7. The molecule has 0 spiro atoms. The van der Waals surface area contributed by atoms with E-state index >= 15 is 0 Å². The molecule has 0 radical (unpaired) electrons. The smallest absolute Gasteiger partial charge is 0.405 e. The lowest BCUT2D eigenvalue weighted by atomic mass is 9.93. The number of nitrogens with one attached hydrogen (secondary N) is 1. The van der Waals surface area contributed by atoms with Crippen LogP contribution in [0.4, 0.5) is 18.0 Å². The molecule has 7 heteroatoms. The van der Waals surface area contributed by atoms with Gasteiger partial charge in [-0.3, -0.25) is 0 Å². The molecular weight excluding hydrogens is 339 g/mol. The normalized spacial score (nSPS) is 12.3. The SMILES string of the molecule is CC(C)(CCC(F)(F)c1cccc(Br)c1F)NC(=O)O. The highest BCUT2D eigenvalue weighted by Crippen LogP contribution is 2.37. The zero-order valence-corrected chi connectivity index (χ0v) is 12.6. The number of carboxylic acid groups (broad SMARTS) is 1. The second-order valence-electron chi connectivity index (χ2n) is 5.12. The topological polar surface area (TPSA) is 49.3 Å². The Hall–Kier alpha value is -1.24. The van der Waals surface area contributed by atoms with Gasteiger partial charge in [-0.15, -0.1) is 0 Å². The van der Waals surface area contributed by atoms with Crippen LogP contribution in [0.3, 0.4) is 0 Å². The third kappa shape index (κ3) is 4.40. The lowest BCUT2D eigenvalue weighted by Gasteiger charge is -2.27. The van der Waals surface area contributed by atoms with Gasteiger partial charge in [-0.25, -0.2) is 18.0 Å². The van der Waals surface area contributed by atoms with E-state index in [1.807, 2.05) is 0 Å². The van der Waals surface area contributed by atoms with E-state index in [4.69, 9.17) is 5.11 Å². The maximum atomic E-state index is 14.0. The molecule has 0 saturated heterocycles. The van der Waals surface area contributed by atoms with Crippen LogP contribution in [-0.2, 0) is 5.92 Å². The maximum absolute atomic E-state index is 14.0. The first kappa shape index (κ1) is 16.8. The summed E-state index contributed by atoms with van der Waals surface area (Å²) in [4.78, 5) is 10.5. The van der Waals surface area contributed by atoms with Crippen LogP contribution >= 0.6 is 15.9 Å². The molecule has 0 saturated carbocycles. The number of carbonyl (C=O) groups is 1. The van der Waals surface area contributed by atoms with E-state index < -0.39 is 35.4 Å². The van der Waals surface area contributed by atoms with Crippen LogP contribution in [0, 0.1) is 5.82 Å². The first-order chi connectivity index (χ1) is 9.05. The molecule has 0 atom stereocenters. The van der Waals surface area contributed by atoms with Crippen LogP contribution in [0.25, 0.3) is 0 Å². The Balaban J connectivity index is 2.85. The predicted octanol–water partition coefficient (Wildman–Crippen LogP) is 4.51. The molecule has 0 aromatic heterocycles. The monoisotopic (exact) mass is 353 g/mol. The highest BCUT2D eigenvalue weighted by molar-refractivity contribution is 9.10. The third-order valence-corrected chi connectivity index (χ3v) is 3.47. The van der Waals surface area contributed by atoms with E-state index in [0.717, 1.165) is 6.07 Å². The van der Waals surface area contributed by atoms with Crippen molar-refractivity contribution < 1.29 is 23.1 Å². The van der Waals surface area contributed by atoms with Gasteiger partial charge in [0.25, 0.3) is 5.92 Å². The Morgan fingerprint density at radius 1 is 1.35 bits per heavy atom. The molecule has 0 bridgehead atoms. The first-order valence-electron chi connectivity index (χ1n) is 5.88. The number of rotatable bonds is 5. The first-order valence-corrected chi connectivity index (χ1v) is 6.68. The summed E-state index contributed by atoms with van der Waals surface area (Å²) in [5.74, 6) is -4.37. The van der Waals surface area contributed by atoms with Gasteiger partial charge in [0.15, 0.2) is 0 Å². The molecule has 0 fully saturated rings. The van der Waals surface area contributed by atoms with E-state index in [9.17, 15) is 18.0 Å². The number of benzene rings is 1. The van der Waals surface area contributed by atoms with E-state index in [1.54, 1.807) is 0 Å². The number of alkyl halides is 2. The molecule has 112 valence electrons. The quantitative estimate of drug-likeness (QED) is 0.818. The molecule has 3 nitrogen and oxygen atoms in total. The van der Waals surface area contributed by atoms with E-state index in [-0.39, 0.29) is 10.9 Å². The maximum Gasteiger partial charge on any atom is 0.405 e. The zero-order valence-electron chi connectivity index (χ0n) is 11.0. The van der Waals surface area contributed by atoms with Crippen molar-refractivity contribution in [2.45, 2.75) is 38.2 Å². The highest BCUT2D eigenvalue weighted by Gasteiger charge is 2.37. The largest absolute Gasteiger partial charge is 0.465 e. The summed E-state index contributed by atoms with van der Waals surface area (Å²) in [6, 6.07) is 3.69. The average Bonchev–Trinajstić information content (AvgIpc) is 2.29. The number of halogens is 4. The molecule has 1 aromatic rings. The number of hydrogen-bond acceptors (Lipinski definition) is 1. The number of hydrogen-bond donors (Lipinski definition) is 2. The predicted molar refractivity (Wildman–Crippen MR) is 72.5 cm³/mol. The summed E-state index contributed by atoms with van der Waals surface area (Å²) >= 11 is 2.86. The molecule has 0 aliphatic rings. The average molecular weight is 354 g/mol. The Morgan fingerprint density at radius 2 is 1.95 bits per heavy atom. The second kappa shape index (κ2) is 6.03. The molecule has 1 rings (SSSR count). The van der Waals surface area contributed by atoms with Crippen molar-refractivity contribution in [1.29, 1.82) is 0 Å². The van der Waals surface area contributed by atoms with Crippen molar-refractivity contribution in [1.82, 2.24) is 5.32 Å². The molecule has 0 aliphatic heterocycles. The third-order valence-electron chi connectivity index (χ3n) is 2.85. The lowest BCUT2D eigenvalue weighted by molar-refractivity contribution is -0.0242. The van der Waals surface area contributed by atoms with Gasteiger partial charge in [-0.2, -0.15) is 0 Å². The van der Waals surface area contributed by atoms with Crippen molar-refractivity contribution in [3.8, 4) is 0 Å². The van der Waals surface area contributed by atoms with Gasteiger partial charge in [0.2, 0.25) is 0 Å². The van der Waals surface area contributed by atoms with Gasteiger partial charge in [-0.1, -0.05) is 12.1 Å². The van der Waals surface area contributed by atoms with Gasteiger partial charge in [0.1, 0.15) is 5.82 Å². The minimum absolute atomic E-state index is 0.0300. The minimum atomic E-state index is -3.37. The molecule has 0 heterocycles. The van der Waals surface area contributed by atoms with Crippen LogP contribution in [0.5, 0.6) is 0 Å². The van der Waals surface area contributed by atoms with E-state index in [2.05, 4.69) is 21.2 Å². The van der Waals surface area contributed by atoms with Crippen molar-refractivity contribution >= 4 is 22.0 Å². The fraction of sp³-hybridized carbons (Fsp3) is 0.462. The second-order valence-corrected chi connectivity index (χ2v) is 5.97. The Bertz CT molecular complexity index is 506. The Kier molecular flexibility index (Phi) is 5.07. The van der Waals surface area contributed by atoms with Gasteiger partial charge >= 0.3 is 6.09 Å². The van der Waals surface area contributed by atoms with Crippen LogP contribution in [0.15, 0.2) is 22.7 Å². The summed E-state index contributed by atoms with van der Waals surface area (Å²) in [7, 11) is 0. The summed E-state index contributed by atoms with van der Waals surface area (Å²) in [5.41, 5.74) is -1.71. The lowest BCUT2D eigenvalue weighted by Crippen LogP contribution is -2.43. The van der Waals surface area contributed by atoms with E-state index in [0.29, 0.717) is 0 Å². The molecule has 0 aliphatic carbocycles. The van der Waals surface area contributed by atoms with Crippen molar-refractivity contribution in [3.05, 3.63) is 34.1 Å². The standard InChI is InChI=1S/C13H15BrF3NO2/c1-12(2,18-11(19)20)6-7-13(16,17)8-4-3-5-9(14)10(8)15/h3-5,18H,6-7H2,1-2H3,(H,19,20). The van der Waals surface area contributed by atoms with Gasteiger partial charge in [-0.05, 0) is 42.3 Å². The van der Waals surface area contributed by atoms with Crippen LogP contribution in [-0.4, -0.2) is 16.7 Å². The van der Waals surface area contributed by atoms with Crippen molar-refractivity contribution in [3.63, 3.8) is 0 Å². The number of amides is 1. The van der Waals surface area contributed by atoms with E-state index in [1.165, 1.54) is 26.0 Å². The molecular formula is C13H15BrF3NO2. The van der Waals surface area contributed by atoms with Gasteiger partial charge in [0.05, 0.1) is 10.0 Å². The molecule has 1 aromatic carbocycles.